The molecule has 3 aromatic rings. The summed E-state index contributed by atoms with van der Waals surface area (Å²) in [6.07, 6.45) is 0. The van der Waals surface area contributed by atoms with Crippen LogP contribution in [0.2, 0.25) is 0 Å². The number of aryl methyl sites for hydroxylation is 4. The monoisotopic (exact) mass is 386 g/mol. The highest BCUT2D eigenvalue weighted by atomic mass is 16.2. The number of anilines is 1. The summed E-state index contributed by atoms with van der Waals surface area (Å²) in [6.45, 7) is 10.1. The van der Waals surface area contributed by atoms with E-state index in [2.05, 4.69) is 73.0 Å². The van der Waals surface area contributed by atoms with Crippen LogP contribution in [0.3, 0.4) is 0 Å². The zero-order chi connectivity index (χ0) is 21.0. The van der Waals surface area contributed by atoms with Crippen LogP contribution in [0, 0.1) is 27.7 Å². The smallest absolute Gasteiger partial charge is 0.241 e. The molecule has 0 bridgehead atoms. The standard InChI is InChI=1S/C26H30N2O/c1-17-11-13-23(14-12-17)25(22-9-7-6-8-10-22)27-21(5)26(29)28-24-19(3)15-18(2)16-20(24)4/h6-16,21,25,27H,1-5H3,(H,28,29)/t21-,25+/m1/s1. The van der Waals surface area contributed by atoms with Gasteiger partial charge in [0.15, 0.2) is 0 Å². The van der Waals surface area contributed by atoms with Gasteiger partial charge in [-0.3, -0.25) is 10.1 Å². The van der Waals surface area contributed by atoms with Gasteiger partial charge in [-0.05, 0) is 56.9 Å². The Morgan fingerprint density at radius 1 is 0.759 bits per heavy atom. The maximum Gasteiger partial charge on any atom is 0.241 e. The lowest BCUT2D eigenvalue weighted by atomic mass is 9.97. The van der Waals surface area contributed by atoms with E-state index in [1.807, 2.05) is 39.0 Å². The van der Waals surface area contributed by atoms with Gasteiger partial charge in [0.05, 0.1) is 12.1 Å². The number of benzene rings is 3. The second-order valence-corrected chi connectivity index (χ2v) is 7.91. The third kappa shape index (κ3) is 5.12. The van der Waals surface area contributed by atoms with Crippen LogP contribution in [-0.2, 0) is 4.79 Å². The molecular weight excluding hydrogens is 356 g/mol. The highest BCUT2D eigenvalue weighted by Gasteiger charge is 2.21. The van der Waals surface area contributed by atoms with Crippen molar-refractivity contribution in [1.82, 2.24) is 5.32 Å². The third-order valence-electron chi connectivity index (χ3n) is 5.28. The van der Waals surface area contributed by atoms with E-state index < -0.39 is 0 Å². The quantitative estimate of drug-likeness (QED) is 0.577. The van der Waals surface area contributed by atoms with Crippen molar-refractivity contribution in [1.29, 1.82) is 0 Å². The minimum Gasteiger partial charge on any atom is -0.324 e. The SMILES string of the molecule is Cc1ccc([C@@H](N[C@H](C)C(=O)Nc2c(C)cc(C)cc2C)c2ccccc2)cc1. The van der Waals surface area contributed by atoms with E-state index in [0.717, 1.165) is 27.9 Å². The normalized spacial score (nSPS) is 13.0. The summed E-state index contributed by atoms with van der Waals surface area (Å²) in [5.74, 6) is -0.0342. The summed E-state index contributed by atoms with van der Waals surface area (Å²) in [4.78, 5) is 13.0. The van der Waals surface area contributed by atoms with E-state index in [1.165, 1.54) is 11.1 Å². The van der Waals surface area contributed by atoms with Gasteiger partial charge >= 0.3 is 0 Å². The van der Waals surface area contributed by atoms with E-state index in [4.69, 9.17) is 0 Å². The number of hydrogen-bond donors (Lipinski definition) is 2. The fourth-order valence-corrected chi connectivity index (χ4v) is 3.72. The van der Waals surface area contributed by atoms with Crippen LogP contribution in [0.15, 0.2) is 66.7 Å². The molecule has 0 aliphatic carbocycles. The van der Waals surface area contributed by atoms with Crippen LogP contribution in [0.1, 0.15) is 46.3 Å². The van der Waals surface area contributed by atoms with Gasteiger partial charge in [-0.25, -0.2) is 0 Å². The van der Waals surface area contributed by atoms with Crippen LogP contribution in [0.4, 0.5) is 5.69 Å². The molecule has 0 aliphatic heterocycles. The molecule has 0 aromatic heterocycles. The molecule has 0 heterocycles. The molecule has 3 rings (SSSR count). The van der Waals surface area contributed by atoms with Crippen LogP contribution < -0.4 is 10.6 Å². The molecule has 2 N–H and O–H groups in total. The van der Waals surface area contributed by atoms with E-state index >= 15 is 0 Å². The Hall–Kier alpha value is -2.91. The molecule has 1 amide bonds. The Morgan fingerprint density at radius 2 is 1.31 bits per heavy atom. The van der Waals surface area contributed by atoms with E-state index in [0.29, 0.717) is 0 Å². The summed E-state index contributed by atoms with van der Waals surface area (Å²) in [5.41, 5.74) is 7.77. The van der Waals surface area contributed by atoms with Gasteiger partial charge in [-0.2, -0.15) is 0 Å². The predicted molar refractivity (Wildman–Crippen MR) is 121 cm³/mol. The summed E-state index contributed by atoms with van der Waals surface area (Å²) in [6, 6.07) is 22.5. The second kappa shape index (κ2) is 9.06. The molecule has 0 saturated carbocycles. The minimum atomic E-state index is -0.360. The van der Waals surface area contributed by atoms with Crippen molar-refractivity contribution >= 4 is 11.6 Å². The van der Waals surface area contributed by atoms with Gasteiger partial charge in [0, 0.05) is 5.69 Å². The fourth-order valence-electron chi connectivity index (χ4n) is 3.72. The first-order valence-corrected chi connectivity index (χ1v) is 10.1. The van der Waals surface area contributed by atoms with Crippen molar-refractivity contribution in [2.45, 2.75) is 46.7 Å². The summed E-state index contributed by atoms with van der Waals surface area (Å²) in [5, 5.41) is 6.65. The summed E-state index contributed by atoms with van der Waals surface area (Å²) >= 11 is 0. The zero-order valence-electron chi connectivity index (χ0n) is 17.9. The van der Waals surface area contributed by atoms with Gasteiger partial charge < -0.3 is 5.32 Å². The molecule has 0 saturated heterocycles. The van der Waals surface area contributed by atoms with Gasteiger partial charge in [0.25, 0.3) is 0 Å². The first-order chi connectivity index (χ1) is 13.8. The number of amides is 1. The Labute approximate surface area is 174 Å². The largest absolute Gasteiger partial charge is 0.324 e. The van der Waals surface area contributed by atoms with E-state index in [1.54, 1.807) is 0 Å². The number of hydrogen-bond acceptors (Lipinski definition) is 2. The molecule has 0 fully saturated rings. The highest BCUT2D eigenvalue weighted by Crippen LogP contribution is 2.25. The number of nitrogens with one attached hydrogen (secondary N) is 2. The molecule has 150 valence electrons. The van der Waals surface area contributed by atoms with Crippen molar-refractivity contribution in [3.63, 3.8) is 0 Å². The maximum absolute atomic E-state index is 13.0. The van der Waals surface area contributed by atoms with E-state index in [9.17, 15) is 4.79 Å². The van der Waals surface area contributed by atoms with Crippen molar-refractivity contribution in [2.24, 2.45) is 0 Å². The topological polar surface area (TPSA) is 41.1 Å². The van der Waals surface area contributed by atoms with Crippen LogP contribution in [-0.4, -0.2) is 11.9 Å². The zero-order valence-corrected chi connectivity index (χ0v) is 17.9. The molecule has 3 nitrogen and oxygen atoms in total. The van der Waals surface area contributed by atoms with Crippen LogP contribution in [0.5, 0.6) is 0 Å². The van der Waals surface area contributed by atoms with Gasteiger partial charge in [-0.15, -0.1) is 0 Å². The first-order valence-electron chi connectivity index (χ1n) is 10.1. The Balaban J connectivity index is 1.82. The second-order valence-electron chi connectivity index (χ2n) is 7.91. The number of carbonyl (C=O) groups is 1. The fraction of sp³-hybridized carbons (Fsp3) is 0.269. The summed E-state index contributed by atoms with van der Waals surface area (Å²) < 4.78 is 0. The number of carbonyl (C=O) groups excluding carboxylic acids is 1. The van der Waals surface area contributed by atoms with Crippen molar-refractivity contribution in [3.05, 3.63) is 100 Å². The van der Waals surface area contributed by atoms with Crippen molar-refractivity contribution < 1.29 is 4.79 Å². The first kappa shape index (κ1) is 20.8. The Kier molecular flexibility index (Phi) is 6.50. The Morgan fingerprint density at radius 3 is 1.90 bits per heavy atom. The lowest BCUT2D eigenvalue weighted by Crippen LogP contribution is -2.40. The average Bonchev–Trinajstić information content (AvgIpc) is 2.70. The van der Waals surface area contributed by atoms with Crippen molar-refractivity contribution in [2.75, 3.05) is 5.32 Å². The molecule has 0 radical (unpaired) electrons. The molecule has 0 aliphatic rings. The lowest BCUT2D eigenvalue weighted by Gasteiger charge is -2.25. The average molecular weight is 387 g/mol. The van der Waals surface area contributed by atoms with Crippen LogP contribution >= 0.6 is 0 Å². The minimum absolute atomic E-state index is 0.0342. The predicted octanol–water partition coefficient (Wildman–Crippen LogP) is 5.63. The van der Waals surface area contributed by atoms with Crippen LogP contribution in [0.25, 0.3) is 0 Å². The summed E-state index contributed by atoms with van der Waals surface area (Å²) in [7, 11) is 0. The molecule has 3 heteroatoms. The molecule has 0 unspecified atom stereocenters. The third-order valence-corrected chi connectivity index (χ3v) is 5.28. The van der Waals surface area contributed by atoms with Gasteiger partial charge in [-0.1, -0.05) is 77.9 Å². The van der Waals surface area contributed by atoms with Gasteiger partial charge in [0.2, 0.25) is 5.91 Å². The number of rotatable bonds is 6. The molecule has 2 atom stereocenters. The molecule has 29 heavy (non-hydrogen) atoms. The van der Waals surface area contributed by atoms with E-state index in [-0.39, 0.29) is 18.0 Å². The Bertz CT molecular complexity index is 954. The maximum atomic E-state index is 13.0. The lowest BCUT2D eigenvalue weighted by molar-refractivity contribution is -0.117. The molecule has 3 aromatic carbocycles. The van der Waals surface area contributed by atoms with Gasteiger partial charge in [0.1, 0.15) is 0 Å². The highest BCUT2D eigenvalue weighted by molar-refractivity contribution is 5.96. The molecular formula is C26H30N2O. The van der Waals surface area contributed by atoms with Crippen molar-refractivity contribution in [3.8, 4) is 0 Å². The molecule has 0 spiro atoms.